The number of rotatable bonds is 6. The van der Waals surface area contributed by atoms with Crippen molar-refractivity contribution >= 4 is 33.4 Å². The summed E-state index contributed by atoms with van der Waals surface area (Å²) in [6.07, 6.45) is 0.410. The highest BCUT2D eigenvalue weighted by Crippen LogP contribution is 2.30. The summed E-state index contributed by atoms with van der Waals surface area (Å²) in [6.45, 7) is 3.93. The molecule has 168 valence electrons. The van der Waals surface area contributed by atoms with Gasteiger partial charge in [-0.1, -0.05) is 0 Å². The van der Waals surface area contributed by atoms with Crippen LogP contribution >= 0.6 is 0 Å². The van der Waals surface area contributed by atoms with Crippen LogP contribution in [-0.2, 0) is 26.2 Å². The predicted molar refractivity (Wildman–Crippen MR) is 116 cm³/mol. The molecule has 0 bridgehead atoms. The van der Waals surface area contributed by atoms with Gasteiger partial charge < -0.3 is 9.64 Å². The number of sulfonamides is 1. The monoisotopic (exact) mass is 457 g/mol. The van der Waals surface area contributed by atoms with Crippen LogP contribution in [-0.4, -0.2) is 43.2 Å². The molecule has 32 heavy (non-hydrogen) atoms. The molecule has 1 fully saturated rings. The van der Waals surface area contributed by atoms with Gasteiger partial charge in [-0.15, -0.1) is 0 Å². The molecule has 1 unspecified atom stereocenters. The minimum Gasteiger partial charge on any atom is -0.491 e. The van der Waals surface area contributed by atoms with Crippen LogP contribution in [0.1, 0.15) is 42.6 Å². The van der Waals surface area contributed by atoms with E-state index >= 15 is 0 Å². The molecule has 2 aromatic rings. The minimum absolute atomic E-state index is 0.0237. The van der Waals surface area contributed by atoms with Crippen LogP contribution < -0.4 is 14.8 Å². The van der Waals surface area contributed by atoms with Crippen LogP contribution in [0.3, 0.4) is 0 Å². The maximum atomic E-state index is 12.8. The predicted octanol–water partition coefficient (Wildman–Crippen LogP) is 2.04. The Morgan fingerprint density at radius 1 is 1.09 bits per heavy atom. The highest BCUT2D eigenvalue weighted by molar-refractivity contribution is 7.92. The van der Waals surface area contributed by atoms with Gasteiger partial charge in [-0.25, -0.2) is 8.42 Å². The average molecular weight is 458 g/mol. The number of hydrogen-bond donors (Lipinski definition) is 2. The highest BCUT2D eigenvalue weighted by Gasteiger charge is 2.39. The minimum atomic E-state index is -3.84. The smallest absolute Gasteiger partial charge is 0.261 e. The van der Waals surface area contributed by atoms with Gasteiger partial charge in [0.2, 0.25) is 11.8 Å². The summed E-state index contributed by atoms with van der Waals surface area (Å²) in [5.74, 6) is -0.586. The number of amides is 3. The molecule has 2 aliphatic heterocycles. The lowest BCUT2D eigenvalue weighted by atomic mass is 10.0. The number of benzene rings is 2. The summed E-state index contributed by atoms with van der Waals surface area (Å²) in [6, 6.07) is 10.0. The van der Waals surface area contributed by atoms with Crippen molar-refractivity contribution in [3.63, 3.8) is 0 Å². The third-order valence-corrected chi connectivity index (χ3v) is 6.68. The normalized spacial score (nSPS) is 18.5. The largest absolute Gasteiger partial charge is 0.491 e. The van der Waals surface area contributed by atoms with E-state index in [-0.39, 0.29) is 42.2 Å². The number of imide groups is 1. The molecule has 0 saturated carbocycles. The van der Waals surface area contributed by atoms with E-state index in [1.807, 2.05) is 13.8 Å². The summed E-state index contributed by atoms with van der Waals surface area (Å²) < 4.78 is 33.6. The number of ether oxygens (including phenoxy) is 1. The first-order chi connectivity index (χ1) is 15.1. The summed E-state index contributed by atoms with van der Waals surface area (Å²) in [5, 5.41) is 2.26. The van der Waals surface area contributed by atoms with Gasteiger partial charge >= 0.3 is 0 Å². The van der Waals surface area contributed by atoms with E-state index in [4.69, 9.17) is 4.74 Å². The zero-order chi connectivity index (χ0) is 23.0. The lowest BCUT2D eigenvalue weighted by molar-refractivity contribution is -0.136. The van der Waals surface area contributed by atoms with Gasteiger partial charge in [-0.3, -0.25) is 24.4 Å². The third-order valence-electron chi connectivity index (χ3n) is 5.28. The maximum absolute atomic E-state index is 12.8. The van der Waals surface area contributed by atoms with Gasteiger partial charge in [0, 0.05) is 24.2 Å². The van der Waals surface area contributed by atoms with Crippen molar-refractivity contribution < 1.29 is 27.5 Å². The first kappa shape index (κ1) is 21.8. The number of nitrogens with zero attached hydrogens (tertiary/aromatic N) is 1. The number of piperidine rings is 1. The van der Waals surface area contributed by atoms with Gasteiger partial charge in [0.1, 0.15) is 11.8 Å². The Morgan fingerprint density at radius 2 is 1.81 bits per heavy atom. The van der Waals surface area contributed by atoms with Gasteiger partial charge in [0.15, 0.2) is 0 Å². The zero-order valence-corrected chi connectivity index (χ0v) is 18.4. The number of carbonyl (C=O) groups excluding carboxylic acids is 3. The van der Waals surface area contributed by atoms with Crippen molar-refractivity contribution in [1.82, 2.24) is 10.2 Å². The molecule has 9 nitrogen and oxygen atoms in total. The summed E-state index contributed by atoms with van der Waals surface area (Å²) >= 11 is 0. The summed E-state index contributed by atoms with van der Waals surface area (Å²) in [5.41, 5.74) is 1.33. The Labute approximate surface area is 185 Å². The second kappa shape index (κ2) is 8.27. The first-order valence-electron chi connectivity index (χ1n) is 10.2. The van der Waals surface area contributed by atoms with Gasteiger partial charge in [-0.2, -0.15) is 0 Å². The molecule has 1 saturated heterocycles. The fourth-order valence-electron chi connectivity index (χ4n) is 3.82. The van der Waals surface area contributed by atoms with Gasteiger partial charge in [0.05, 0.1) is 11.0 Å². The van der Waals surface area contributed by atoms with Gasteiger partial charge in [-0.05, 0) is 68.3 Å². The van der Waals surface area contributed by atoms with Crippen LogP contribution in [0.5, 0.6) is 5.75 Å². The number of hydrogen-bond acceptors (Lipinski definition) is 6. The number of fused-ring (bicyclic) bond motifs is 1. The standard InChI is InChI=1S/C22H23N3O6S/c1-13(2)31-16-4-6-17(7-5-16)32(29,30)24-15-3-8-18-14(11-15)12-25(22(18)28)19-9-10-20(26)23-21(19)27/h3-8,11,13,19,24H,9-10,12H2,1-2H3,(H,23,26,27). The van der Waals surface area contributed by atoms with E-state index in [0.717, 1.165) is 0 Å². The van der Waals surface area contributed by atoms with Crippen molar-refractivity contribution in [3.8, 4) is 5.75 Å². The van der Waals surface area contributed by atoms with E-state index in [0.29, 0.717) is 22.6 Å². The lowest BCUT2D eigenvalue weighted by Crippen LogP contribution is -2.52. The highest BCUT2D eigenvalue weighted by atomic mass is 32.2. The fraction of sp³-hybridized carbons (Fsp3) is 0.318. The van der Waals surface area contributed by atoms with E-state index in [2.05, 4.69) is 10.0 Å². The van der Waals surface area contributed by atoms with Crippen LogP contribution in [0.15, 0.2) is 47.4 Å². The topological polar surface area (TPSA) is 122 Å². The molecule has 4 rings (SSSR count). The molecule has 2 aliphatic rings. The Hall–Kier alpha value is -3.40. The number of carbonyl (C=O) groups is 3. The van der Waals surface area contributed by atoms with E-state index < -0.39 is 22.0 Å². The third kappa shape index (κ3) is 4.31. The Bertz CT molecular complexity index is 1190. The maximum Gasteiger partial charge on any atom is 0.261 e. The fourth-order valence-corrected chi connectivity index (χ4v) is 4.87. The number of nitrogens with one attached hydrogen (secondary N) is 2. The van der Waals surface area contributed by atoms with Crippen molar-refractivity contribution in [2.24, 2.45) is 0 Å². The molecule has 0 radical (unpaired) electrons. The van der Waals surface area contributed by atoms with E-state index in [9.17, 15) is 22.8 Å². The molecule has 3 amide bonds. The first-order valence-corrected chi connectivity index (χ1v) is 11.7. The second-order valence-corrected chi connectivity index (χ2v) is 9.70. The molecule has 0 aromatic heterocycles. The van der Waals surface area contributed by atoms with Crippen LogP contribution in [0.2, 0.25) is 0 Å². The molecule has 1 atom stereocenters. The lowest BCUT2D eigenvalue weighted by Gasteiger charge is -2.29. The second-order valence-electron chi connectivity index (χ2n) is 8.02. The molecule has 2 heterocycles. The van der Waals surface area contributed by atoms with E-state index in [1.165, 1.54) is 23.1 Å². The van der Waals surface area contributed by atoms with Crippen molar-refractivity contribution in [3.05, 3.63) is 53.6 Å². The molecular weight excluding hydrogens is 434 g/mol. The number of anilines is 1. The van der Waals surface area contributed by atoms with E-state index in [1.54, 1.807) is 24.3 Å². The molecule has 2 aromatic carbocycles. The zero-order valence-electron chi connectivity index (χ0n) is 17.6. The summed E-state index contributed by atoms with van der Waals surface area (Å²) in [4.78, 5) is 37.8. The van der Waals surface area contributed by atoms with Crippen molar-refractivity contribution in [2.45, 2.75) is 50.3 Å². The molecule has 0 spiro atoms. The molecule has 2 N–H and O–H groups in total. The van der Waals surface area contributed by atoms with Crippen LogP contribution in [0, 0.1) is 0 Å². The van der Waals surface area contributed by atoms with Crippen molar-refractivity contribution in [2.75, 3.05) is 4.72 Å². The summed E-state index contributed by atoms with van der Waals surface area (Å²) in [7, 11) is -3.84. The molecule has 0 aliphatic carbocycles. The van der Waals surface area contributed by atoms with Crippen LogP contribution in [0.25, 0.3) is 0 Å². The Morgan fingerprint density at radius 3 is 2.47 bits per heavy atom. The quantitative estimate of drug-likeness (QED) is 0.640. The molecule has 10 heteroatoms. The Kier molecular flexibility index (Phi) is 5.64. The van der Waals surface area contributed by atoms with Gasteiger partial charge in [0.25, 0.3) is 15.9 Å². The average Bonchev–Trinajstić information content (AvgIpc) is 3.03. The van der Waals surface area contributed by atoms with Crippen LogP contribution in [0.4, 0.5) is 5.69 Å². The molecular formula is C22H23N3O6S. The Balaban J connectivity index is 1.50. The SMILES string of the molecule is CC(C)Oc1ccc(S(=O)(=O)Nc2ccc3c(c2)CN(C2CCC(=O)NC2=O)C3=O)cc1. The van der Waals surface area contributed by atoms with Crippen molar-refractivity contribution in [1.29, 1.82) is 0 Å².